The fourth-order valence-corrected chi connectivity index (χ4v) is 5.77. The van der Waals surface area contributed by atoms with Gasteiger partial charge in [0, 0.05) is 18.8 Å². The highest BCUT2D eigenvalue weighted by Gasteiger charge is 2.31. The largest absolute Gasteiger partial charge is 0.351 e. The van der Waals surface area contributed by atoms with Gasteiger partial charge < -0.3 is 5.32 Å². The Morgan fingerprint density at radius 3 is 2.76 bits per heavy atom. The Labute approximate surface area is 176 Å². The zero-order valence-corrected chi connectivity index (χ0v) is 17.8. The molecule has 6 heteroatoms. The Kier molecular flexibility index (Phi) is 5.53. The molecule has 0 aromatic carbocycles. The number of nitrogens with zero attached hydrogens (tertiary/aromatic N) is 3. The molecular formula is C23H30N4OS. The maximum Gasteiger partial charge on any atom is 0.269 e. The van der Waals surface area contributed by atoms with Gasteiger partial charge in [0.1, 0.15) is 5.82 Å². The molecule has 0 atom stereocenters. The number of amides is 1. The summed E-state index contributed by atoms with van der Waals surface area (Å²) in [7, 11) is 0. The maximum absolute atomic E-state index is 13.6. The zero-order chi connectivity index (χ0) is 19.6. The lowest BCUT2D eigenvalue weighted by molar-refractivity contribution is 0.0988. The number of aromatic nitrogens is 2. The topological polar surface area (TPSA) is 58.1 Å². The molecule has 0 unspecified atom stereocenters. The van der Waals surface area contributed by atoms with Gasteiger partial charge in [0.15, 0.2) is 0 Å². The number of nitrogens with one attached hydrogen (secondary N) is 1. The van der Waals surface area contributed by atoms with Crippen molar-refractivity contribution in [2.75, 3.05) is 16.8 Å². The number of carbonyl (C=O) groups is 1. The molecule has 154 valence electrons. The quantitative estimate of drug-likeness (QED) is 0.709. The molecule has 0 spiro atoms. The highest BCUT2D eigenvalue weighted by atomic mass is 32.1. The van der Waals surface area contributed by atoms with Gasteiger partial charge in [-0.15, -0.1) is 11.3 Å². The van der Waals surface area contributed by atoms with Crippen LogP contribution in [0.2, 0.25) is 0 Å². The van der Waals surface area contributed by atoms with Gasteiger partial charge >= 0.3 is 0 Å². The molecule has 2 aromatic heterocycles. The Bertz CT molecular complexity index is 870. The van der Waals surface area contributed by atoms with Gasteiger partial charge in [-0.25, -0.2) is 4.98 Å². The van der Waals surface area contributed by atoms with Crippen molar-refractivity contribution in [2.45, 2.75) is 76.7 Å². The van der Waals surface area contributed by atoms with Crippen LogP contribution < -0.4 is 10.2 Å². The van der Waals surface area contributed by atoms with Crippen molar-refractivity contribution in [1.29, 1.82) is 0 Å². The maximum atomic E-state index is 13.6. The van der Waals surface area contributed by atoms with Crippen LogP contribution >= 0.6 is 11.3 Å². The SMILES string of the molecule is O=C(c1scc2c1CCCC2)N(CC1CC1)c1ccnc(NC2CCCCC2)n1. The summed E-state index contributed by atoms with van der Waals surface area (Å²) in [5, 5.41) is 5.71. The van der Waals surface area contributed by atoms with E-state index in [0.29, 0.717) is 17.9 Å². The fraction of sp³-hybridized carbons (Fsp3) is 0.609. The van der Waals surface area contributed by atoms with Gasteiger partial charge in [0.25, 0.3) is 5.91 Å². The molecule has 1 N–H and O–H groups in total. The second-order valence-electron chi connectivity index (χ2n) is 8.85. The van der Waals surface area contributed by atoms with E-state index in [1.807, 2.05) is 11.0 Å². The molecule has 3 aliphatic carbocycles. The predicted molar refractivity (Wildman–Crippen MR) is 118 cm³/mol. The molecule has 2 aromatic rings. The molecule has 3 aliphatic rings. The van der Waals surface area contributed by atoms with Crippen molar-refractivity contribution in [3.05, 3.63) is 33.6 Å². The van der Waals surface area contributed by atoms with Crippen LogP contribution in [0.1, 0.15) is 78.6 Å². The van der Waals surface area contributed by atoms with Crippen LogP contribution in [-0.4, -0.2) is 28.5 Å². The molecule has 29 heavy (non-hydrogen) atoms. The van der Waals surface area contributed by atoms with Crippen molar-refractivity contribution in [3.63, 3.8) is 0 Å². The summed E-state index contributed by atoms with van der Waals surface area (Å²) in [4.78, 5) is 25.7. The second kappa shape index (κ2) is 8.42. The lowest BCUT2D eigenvalue weighted by Gasteiger charge is -2.25. The van der Waals surface area contributed by atoms with Crippen LogP contribution in [0.4, 0.5) is 11.8 Å². The van der Waals surface area contributed by atoms with E-state index >= 15 is 0 Å². The first kappa shape index (κ1) is 19.0. The van der Waals surface area contributed by atoms with E-state index in [0.717, 1.165) is 30.1 Å². The molecule has 0 saturated heterocycles. The Morgan fingerprint density at radius 2 is 1.93 bits per heavy atom. The summed E-state index contributed by atoms with van der Waals surface area (Å²) in [6.07, 6.45) is 15.0. The molecule has 0 radical (unpaired) electrons. The minimum atomic E-state index is 0.132. The standard InChI is InChI=1S/C23H30N4OS/c28-22(21-19-9-5-4-6-17(19)15-29-21)27(14-16-10-11-16)20-12-13-24-23(26-20)25-18-7-2-1-3-8-18/h12-13,15-16,18H,1-11,14H2,(H,24,25,26). The highest BCUT2D eigenvalue weighted by molar-refractivity contribution is 7.12. The van der Waals surface area contributed by atoms with Gasteiger partial charge in [-0.1, -0.05) is 19.3 Å². The first-order chi connectivity index (χ1) is 14.3. The number of carbonyl (C=O) groups excluding carboxylic acids is 1. The summed E-state index contributed by atoms with van der Waals surface area (Å²) in [6, 6.07) is 2.35. The molecule has 1 amide bonds. The number of rotatable bonds is 6. The average Bonchev–Trinajstić information content (AvgIpc) is 3.48. The van der Waals surface area contributed by atoms with Crippen molar-refractivity contribution in [3.8, 4) is 0 Å². The first-order valence-corrected chi connectivity index (χ1v) is 12.2. The Balaban J connectivity index is 1.40. The van der Waals surface area contributed by atoms with Gasteiger partial charge in [-0.2, -0.15) is 4.98 Å². The number of fused-ring (bicyclic) bond motifs is 1. The van der Waals surface area contributed by atoms with E-state index < -0.39 is 0 Å². The lowest BCUT2D eigenvalue weighted by Crippen LogP contribution is -2.34. The third kappa shape index (κ3) is 4.32. The van der Waals surface area contributed by atoms with Crippen molar-refractivity contribution < 1.29 is 4.79 Å². The van der Waals surface area contributed by atoms with Crippen LogP contribution in [0.25, 0.3) is 0 Å². The van der Waals surface area contributed by atoms with Crippen molar-refractivity contribution in [2.24, 2.45) is 5.92 Å². The smallest absolute Gasteiger partial charge is 0.269 e. The van der Waals surface area contributed by atoms with Gasteiger partial charge in [-0.05, 0) is 79.9 Å². The van der Waals surface area contributed by atoms with Crippen LogP contribution in [0.15, 0.2) is 17.6 Å². The average molecular weight is 411 g/mol. The highest BCUT2D eigenvalue weighted by Crippen LogP contribution is 2.35. The van der Waals surface area contributed by atoms with Gasteiger partial charge in [0.05, 0.1) is 4.88 Å². The predicted octanol–water partition coefficient (Wildman–Crippen LogP) is 5.22. The van der Waals surface area contributed by atoms with Crippen LogP contribution in [0, 0.1) is 5.92 Å². The van der Waals surface area contributed by atoms with Crippen LogP contribution in [0.5, 0.6) is 0 Å². The molecule has 2 saturated carbocycles. The third-order valence-corrected chi connectivity index (χ3v) is 7.60. The van der Waals surface area contributed by atoms with Crippen LogP contribution in [-0.2, 0) is 12.8 Å². The van der Waals surface area contributed by atoms with Crippen molar-refractivity contribution in [1.82, 2.24) is 9.97 Å². The van der Waals surface area contributed by atoms with Crippen LogP contribution in [0.3, 0.4) is 0 Å². The van der Waals surface area contributed by atoms with E-state index in [1.54, 1.807) is 17.5 Å². The monoisotopic (exact) mass is 410 g/mol. The summed E-state index contributed by atoms with van der Waals surface area (Å²) in [5.74, 6) is 2.15. The first-order valence-electron chi connectivity index (χ1n) is 11.3. The Morgan fingerprint density at radius 1 is 1.10 bits per heavy atom. The summed E-state index contributed by atoms with van der Waals surface area (Å²) < 4.78 is 0. The molecule has 0 aliphatic heterocycles. The van der Waals surface area contributed by atoms with E-state index in [4.69, 9.17) is 4.98 Å². The molecule has 5 nitrogen and oxygen atoms in total. The van der Waals surface area contributed by atoms with E-state index in [1.165, 1.54) is 68.9 Å². The fourth-order valence-electron chi connectivity index (χ4n) is 4.66. The minimum absolute atomic E-state index is 0.132. The second-order valence-corrected chi connectivity index (χ2v) is 9.73. The van der Waals surface area contributed by atoms with E-state index in [2.05, 4.69) is 15.7 Å². The zero-order valence-electron chi connectivity index (χ0n) is 17.0. The lowest BCUT2D eigenvalue weighted by atomic mass is 9.93. The number of hydrogen-bond donors (Lipinski definition) is 1. The number of hydrogen-bond acceptors (Lipinski definition) is 5. The number of thiophene rings is 1. The molecule has 2 fully saturated rings. The normalized spacial score (nSPS) is 19.6. The molecule has 5 rings (SSSR count). The molecule has 2 heterocycles. The number of anilines is 2. The van der Waals surface area contributed by atoms with Gasteiger partial charge in [-0.3, -0.25) is 9.69 Å². The Hall–Kier alpha value is -1.95. The third-order valence-electron chi connectivity index (χ3n) is 6.54. The summed E-state index contributed by atoms with van der Waals surface area (Å²) >= 11 is 1.63. The molecule has 0 bridgehead atoms. The summed E-state index contributed by atoms with van der Waals surface area (Å²) in [6.45, 7) is 0.769. The minimum Gasteiger partial charge on any atom is -0.351 e. The summed E-state index contributed by atoms with van der Waals surface area (Å²) in [5.41, 5.74) is 2.68. The van der Waals surface area contributed by atoms with Gasteiger partial charge in [0.2, 0.25) is 5.95 Å². The van der Waals surface area contributed by atoms with E-state index in [9.17, 15) is 4.79 Å². The van der Waals surface area contributed by atoms with E-state index in [-0.39, 0.29) is 5.91 Å². The van der Waals surface area contributed by atoms with Crippen molar-refractivity contribution >= 4 is 29.0 Å². The molecular weight excluding hydrogens is 380 g/mol. The number of aryl methyl sites for hydroxylation is 1.